The summed E-state index contributed by atoms with van der Waals surface area (Å²) in [7, 11) is -3.61. The van der Waals surface area contributed by atoms with Crippen LogP contribution in [0.15, 0.2) is 23.1 Å². The Bertz CT molecular complexity index is 650. The second-order valence-corrected chi connectivity index (χ2v) is 7.91. The van der Waals surface area contributed by atoms with E-state index >= 15 is 0 Å². The molecule has 1 aromatic carbocycles. The molecule has 2 saturated heterocycles. The van der Waals surface area contributed by atoms with Crippen LogP contribution >= 0.6 is 12.4 Å². The molecule has 3 rings (SSSR count). The first-order valence-electron chi connectivity index (χ1n) is 7.69. The lowest BCUT2D eigenvalue weighted by Gasteiger charge is -2.32. The largest absolute Gasteiger partial charge is 0.314 e. The zero-order valence-corrected chi connectivity index (χ0v) is 14.8. The molecular weight excluding hydrogens is 341 g/mol. The Kier molecular flexibility index (Phi) is 6.02. The summed E-state index contributed by atoms with van der Waals surface area (Å²) in [5.41, 5.74) is 0.590. The van der Waals surface area contributed by atoms with Crippen molar-refractivity contribution >= 4 is 22.4 Å². The fourth-order valence-electron chi connectivity index (χ4n) is 3.27. The van der Waals surface area contributed by atoms with Crippen LogP contribution in [0.5, 0.6) is 0 Å². The maximum atomic E-state index is 13.4. The van der Waals surface area contributed by atoms with Crippen molar-refractivity contribution < 1.29 is 12.8 Å². The summed E-state index contributed by atoms with van der Waals surface area (Å²) in [6.07, 6.45) is 0.841. The van der Waals surface area contributed by atoms with E-state index in [1.165, 1.54) is 16.4 Å². The number of hydrogen-bond donors (Lipinski definition) is 1. The van der Waals surface area contributed by atoms with Gasteiger partial charge in [-0.3, -0.25) is 4.90 Å². The van der Waals surface area contributed by atoms with Gasteiger partial charge in [-0.25, -0.2) is 12.8 Å². The Morgan fingerprint density at radius 1 is 1.22 bits per heavy atom. The molecule has 130 valence electrons. The van der Waals surface area contributed by atoms with E-state index in [9.17, 15) is 12.8 Å². The summed E-state index contributed by atoms with van der Waals surface area (Å²) in [6, 6.07) is 4.21. The monoisotopic (exact) mass is 363 g/mol. The molecule has 2 fully saturated rings. The summed E-state index contributed by atoms with van der Waals surface area (Å²) in [5.74, 6) is -0.512. The number of halogens is 2. The smallest absolute Gasteiger partial charge is 0.243 e. The lowest BCUT2D eigenvalue weighted by atomic mass is 10.2. The second kappa shape index (κ2) is 7.44. The Balaban J connectivity index is 0.00000192. The van der Waals surface area contributed by atoms with Gasteiger partial charge in [0, 0.05) is 45.3 Å². The van der Waals surface area contributed by atoms with Crippen LogP contribution < -0.4 is 5.32 Å². The highest BCUT2D eigenvalue weighted by Crippen LogP contribution is 2.26. The zero-order chi connectivity index (χ0) is 15.7. The van der Waals surface area contributed by atoms with Crippen molar-refractivity contribution in [2.24, 2.45) is 0 Å². The van der Waals surface area contributed by atoms with E-state index < -0.39 is 15.8 Å². The van der Waals surface area contributed by atoms with Crippen molar-refractivity contribution in [3.05, 3.63) is 29.6 Å². The lowest BCUT2D eigenvalue weighted by Crippen LogP contribution is -2.49. The van der Waals surface area contributed by atoms with E-state index in [0.717, 1.165) is 38.7 Å². The molecule has 2 aliphatic rings. The molecule has 1 aromatic rings. The SMILES string of the molecule is Cc1ccc(F)cc1S(=O)(=O)N1CCC(N2CCNCC2)C1.Cl. The van der Waals surface area contributed by atoms with E-state index in [4.69, 9.17) is 0 Å². The van der Waals surface area contributed by atoms with Gasteiger partial charge in [-0.1, -0.05) is 6.07 Å². The third-order valence-corrected chi connectivity index (χ3v) is 6.57. The molecule has 0 aromatic heterocycles. The van der Waals surface area contributed by atoms with Gasteiger partial charge in [0.05, 0.1) is 4.90 Å². The first-order valence-corrected chi connectivity index (χ1v) is 9.13. The van der Waals surface area contributed by atoms with E-state index in [2.05, 4.69) is 10.2 Å². The fourth-order valence-corrected chi connectivity index (χ4v) is 4.99. The van der Waals surface area contributed by atoms with Crippen molar-refractivity contribution in [3.8, 4) is 0 Å². The van der Waals surface area contributed by atoms with Gasteiger partial charge in [0.15, 0.2) is 0 Å². The summed E-state index contributed by atoms with van der Waals surface area (Å²) in [4.78, 5) is 2.44. The maximum absolute atomic E-state index is 13.4. The third kappa shape index (κ3) is 3.85. The summed E-state index contributed by atoms with van der Waals surface area (Å²) < 4.78 is 40.5. The van der Waals surface area contributed by atoms with Crippen LogP contribution in [0.2, 0.25) is 0 Å². The molecule has 0 bridgehead atoms. The first-order chi connectivity index (χ1) is 10.5. The zero-order valence-electron chi connectivity index (χ0n) is 13.2. The number of hydrogen-bond acceptors (Lipinski definition) is 4. The molecule has 0 aliphatic carbocycles. The predicted molar refractivity (Wildman–Crippen MR) is 90.0 cm³/mol. The van der Waals surface area contributed by atoms with Gasteiger partial charge in [-0.2, -0.15) is 4.31 Å². The van der Waals surface area contributed by atoms with Crippen molar-refractivity contribution in [1.82, 2.24) is 14.5 Å². The molecule has 0 spiro atoms. The van der Waals surface area contributed by atoms with Crippen LogP contribution in [0, 0.1) is 12.7 Å². The fraction of sp³-hybridized carbons (Fsp3) is 0.600. The molecule has 23 heavy (non-hydrogen) atoms. The lowest BCUT2D eigenvalue weighted by molar-refractivity contribution is 0.179. The molecule has 2 aliphatic heterocycles. The van der Waals surface area contributed by atoms with Gasteiger partial charge in [-0.05, 0) is 31.0 Å². The molecule has 8 heteroatoms. The van der Waals surface area contributed by atoms with E-state index in [-0.39, 0.29) is 23.3 Å². The molecule has 1 N–H and O–H groups in total. The van der Waals surface area contributed by atoms with Crippen LogP contribution in [0.1, 0.15) is 12.0 Å². The van der Waals surface area contributed by atoms with Gasteiger partial charge in [0.25, 0.3) is 0 Å². The maximum Gasteiger partial charge on any atom is 0.243 e. The number of rotatable bonds is 3. The Morgan fingerprint density at radius 2 is 1.91 bits per heavy atom. The van der Waals surface area contributed by atoms with Crippen molar-refractivity contribution in [3.63, 3.8) is 0 Å². The molecule has 0 radical (unpaired) electrons. The average molecular weight is 364 g/mol. The van der Waals surface area contributed by atoms with Gasteiger partial charge in [0.1, 0.15) is 5.82 Å². The quantitative estimate of drug-likeness (QED) is 0.877. The van der Waals surface area contributed by atoms with Crippen LogP contribution in [0.25, 0.3) is 0 Å². The van der Waals surface area contributed by atoms with Gasteiger partial charge in [-0.15, -0.1) is 12.4 Å². The van der Waals surface area contributed by atoms with Crippen LogP contribution in [0.4, 0.5) is 4.39 Å². The topological polar surface area (TPSA) is 52.7 Å². The Morgan fingerprint density at radius 3 is 2.61 bits per heavy atom. The highest BCUT2D eigenvalue weighted by molar-refractivity contribution is 7.89. The highest BCUT2D eigenvalue weighted by atomic mass is 35.5. The average Bonchev–Trinajstić information content (AvgIpc) is 3.01. The minimum absolute atomic E-state index is 0. The molecular formula is C15H23ClFN3O2S. The van der Waals surface area contributed by atoms with Gasteiger partial charge < -0.3 is 5.32 Å². The molecule has 0 saturated carbocycles. The van der Waals surface area contributed by atoms with Crippen LogP contribution in [-0.2, 0) is 10.0 Å². The van der Waals surface area contributed by atoms with Crippen LogP contribution in [-0.4, -0.2) is 62.9 Å². The summed E-state index contributed by atoms with van der Waals surface area (Å²) in [5, 5.41) is 3.30. The summed E-state index contributed by atoms with van der Waals surface area (Å²) in [6.45, 7) is 6.52. The highest BCUT2D eigenvalue weighted by Gasteiger charge is 2.36. The third-order valence-electron chi connectivity index (χ3n) is 4.56. The standard InChI is InChI=1S/C15H22FN3O2S.ClH/c1-12-2-3-13(16)10-15(12)22(20,21)19-7-4-14(11-19)18-8-5-17-6-9-18;/h2-3,10,14,17H,4-9,11H2,1H3;1H. The molecule has 1 atom stereocenters. The Labute approximate surface area is 143 Å². The minimum Gasteiger partial charge on any atom is -0.314 e. The molecule has 2 heterocycles. The van der Waals surface area contributed by atoms with Gasteiger partial charge >= 0.3 is 0 Å². The van der Waals surface area contributed by atoms with E-state index in [1.54, 1.807) is 6.92 Å². The number of sulfonamides is 1. The second-order valence-electron chi connectivity index (χ2n) is 6.00. The van der Waals surface area contributed by atoms with Crippen molar-refractivity contribution in [2.75, 3.05) is 39.3 Å². The van der Waals surface area contributed by atoms with Crippen LogP contribution in [0.3, 0.4) is 0 Å². The minimum atomic E-state index is -3.61. The van der Waals surface area contributed by atoms with Crippen molar-refractivity contribution in [1.29, 1.82) is 0 Å². The number of nitrogens with zero attached hydrogens (tertiary/aromatic N) is 2. The van der Waals surface area contributed by atoms with Crippen molar-refractivity contribution in [2.45, 2.75) is 24.3 Å². The Hall–Kier alpha value is -0.730. The first kappa shape index (κ1) is 18.6. The number of piperazine rings is 1. The summed E-state index contributed by atoms with van der Waals surface area (Å²) >= 11 is 0. The number of nitrogens with one attached hydrogen (secondary N) is 1. The number of benzene rings is 1. The molecule has 0 amide bonds. The predicted octanol–water partition coefficient (Wildman–Crippen LogP) is 1.22. The normalized spacial score (nSPS) is 23.7. The van der Waals surface area contributed by atoms with E-state index in [1.807, 2.05) is 0 Å². The molecule has 5 nitrogen and oxygen atoms in total. The molecule has 1 unspecified atom stereocenters. The number of aryl methyl sites for hydroxylation is 1. The van der Waals surface area contributed by atoms with E-state index in [0.29, 0.717) is 18.7 Å². The van der Waals surface area contributed by atoms with Gasteiger partial charge in [0.2, 0.25) is 10.0 Å².